The third kappa shape index (κ3) is 3.25. The van der Waals surface area contributed by atoms with Crippen LogP contribution in [0.2, 0.25) is 0 Å². The van der Waals surface area contributed by atoms with Crippen LogP contribution in [0.4, 0.5) is 0 Å². The summed E-state index contributed by atoms with van der Waals surface area (Å²) in [7, 11) is 3.47. The molecule has 0 aliphatic carbocycles. The maximum atomic E-state index is 4.18. The topological polar surface area (TPSA) is 25.2 Å². The number of rotatable bonds is 0. The zero-order chi connectivity index (χ0) is 10.3. The molecule has 1 aromatic carbocycles. The summed E-state index contributed by atoms with van der Waals surface area (Å²) >= 11 is 0. The molecule has 1 aliphatic heterocycles. The lowest BCUT2D eigenvalue weighted by molar-refractivity contribution is 1.41. The average Bonchev–Trinajstić information content (AvgIpc) is 2.88. The van der Waals surface area contributed by atoms with Gasteiger partial charge < -0.3 is 0 Å². The minimum absolute atomic E-state index is 0.949. The molecule has 2 aromatic rings. The van der Waals surface area contributed by atoms with E-state index in [0.717, 1.165) is 11.4 Å². The second-order valence-electron chi connectivity index (χ2n) is 2.83. The molecule has 0 radical (unpaired) electrons. The molecule has 2 nitrogen and oxygen atoms in total. The lowest BCUT2D eigenvalue weighted by Crippen LogP contribution is -1.73. The lowest BCUT2D eigenvalue weighted by atomic mass is 10.2. The van der Waals surface area contributed by atoms with Gasteiger partial charge in [0.15, 0.2) is 0 Å². The molecule has 0 spiro atoms. The molecule has 0 amide bonds. The summed E-state index contributed by atoms with van der Waals surface area (Å²) in [6.45, 7) is 0. The highest BCUT2D eigenvalue weighted by Gasteiger charge is 1.87. The van der Waals surface area contributed by atoms with E-state index in [1.165, 1.54) is 5.39 Å². The Kier molecular flexibility index (Phi) is 4.05. The zero-order valence-corrected chi connectivity index (χ0v) is 9.67. The molecule has 76 valence electrons. The minimum Gasteiger partial charge on any atom is -0.274 e. The molecule has 1 aliphatic rings. The van der Waals surface area contributed by atoms with Gasteiger partial charge in [-0.05, 0) is 22.9 Å². The standard InChI is InChI=1S/C9H7N.C2H3NS2/c1-2-6-9-8(4-1)5-3-7-10-9;1-3-2-5-4-1/h1-7H;1H,2H2. The van der Waals surface area contributed by atoms with E-state index in [9.17, 15) is 0 Å². The van der Waals surface area contributed by atoms with Crippen LogP contribution in [0.1, 0.15) is 0 Å². The van der Waals surface area contributed by atoms with Crippen molar-refractivity contribution in [2.45, 2.75) is 0 Å². The van der Waals surface area contributed by atoms with E-state index in [1.54, 1.807) is 21.6 Å². The second-order valence-corrected chi connectivity index (χ2v) is 5.01. The SMILES string of the molecule is C1=NCSS1.c1ccc2ncccc2c1. The number of hydrogen-bond acceptors (Lipinski definition) is 4. The minimum atomic E-state index is 0.949. The molecule has 0 N–H and O–H groups in total. The first-order valence-corrected chi connectivity index (χ1v) is 6.91. The van der Waals surface area contributed by atoms with Crippen LogP contribution in [0.25, 0.3) is 10.9 Å². The van der Waals surface area contributed by atoms with Crippen molar-refractivity contribution >= 4 is 38.0 Å². The molecule has 0 fully saturated rings. The van der Waals surface area contributed by atoms with Crippen LogP contribution >= 0.6 is 21.6 Å². The van der Waals surface area contributed by atoms with Crippen molar-refractivity contribution in [2.24, 2.45) is 4.99 Å². The maximum absolute atomic E-state index is 4.18. The normalized spacial score (nSPS) is 13.6. The van der Waals surface area contributed by atoms with Gasteiger partial charge in [-0.1, -0.05) is 35.1 Å². The molecule has 0 unspecified atom stereocenters. The number of hydrogen-bond donors (Lipinski definition) is 0. The van der Waals surface area contributed by atoms with E-state index in [0.29, 0.717) is 0 Å². The molecule has 0 saturated carbocycles. The Balaban J connectivity index is 0.000000144. The van der Waals surface area contributed by atoms with Crippen molar-refractivity contribution in [2.75, 3.05) is 5.88 Å². The van der Waals surface area contributed by atoms with Crippen LogP contribution in [0, 0.1) is 0 Å². The predicted molar refractivity (Wildman–Crippen MR) is 70.3 cm³/mol. The first-order valence-electron chi connectivity index (χ1n) is 4.53. The van der Waals surface area contributed by atoms with E-state index in [4.69, 9.17) is 0 Å². The number of aliphatic imine (C=N–C) groups is 1. The first kappa shape index (κ1) is 10.5. The summed E-state index contributed by atoms with van der Waals surface area (Å²) in [6, 6.07) is 12.1. The number of benzene rings is 1. The second kappa shape index (κ2) is 5.78. The van der Waals surface area contributed by atoms with Crippen LogP contribution in [0.15, 0.2) is 47.6 Å². The number of pyridine rings is 1. The Labute approximate surface area is 96.6 Å². The van der Waals surface area contributed by atoms with Crippen molar-refractivity contribution in [1.82, 2.24) is 4.98 Å². The van der Waals surface area contributed by atoms with Crippen LogP contribution in [-0.2, 0) is 0 Å². The van der Waals surface area contributed by atoms with Crippen molar-refractivity contribution < 1.29 is 0 Å². The summed E-state index contributed by atoms with van der Waals surface area (Å²) in [4.78, 5) is 8.07. The van der Waals surface area contributed by atoms with Crippen molar-refractivity contribution in [3.05, 3.63) is 42.6 Å². The summed E-state index contributed by atoms with van der Waals surface area (Å²) in [6.07, 6.45) is 1.81. The van der Waals surface area contributed by atoms with E-state index in [-0.39, 0.29) is 0 Å². The third-order valence-electron chi connectivity index (χ3n) is 1.83. The van der Waals surface area contributed by atoms with Gasteiger partial charge in [-0.25, -0.2) is 0 Å². The van der Waals surface area contributed by atoms with Gasteiger partial charge in [0, 0.05) is 11.6 Å². The Hall–Kier alpha value is -1.00. The molecular weight excluding hydrogens is 224 g/mol. The summed E-state index contributed by atoms with van der Waals surface area (Å²) in [5, 5.41) is 1.20. The zero-order valence-electron chi connectivity index (χ0n) is 8.04. The van der Waals surface area contributed by atoms with Gasteiger partial charge in [-0.3, -0.25) is 9.98 Å². The van der Waals surface area contributed by atoms with Crippen LogP contribution in [0.5, 0.6) is 0 Å². The Bertz CT molecular complexity index is 386. The van der Waals surface area contributed by atoms with Crippen molar-refractivity contribution in [3.63, 3.8) is 0 Å². The highest BCUT2D eigenvalue weighted by Crippen LogP contribution is 2.23. The number of aromatic nitrogens is 1. The Morgan fingerprint density at radius 3 is 2.60 bits per heavy atom. The fourth-order valence-electron chi connectivity index (χ4n) is 1.17. The third-order valence-corrected chi connectivity index (χ3v) is 3.43. The summed E-state index contributed by atoms with van der Waals surface area (Å²) in [5.41, 5.74) is 2.93. The number of nitrogens with zero attached hydrogens (tertiary/aromatic N) is 2. The van der Waals surface area contributed by atoms with Crippen LogP contribution in [0.3, 0.4) is 0 Å². The summed E-state index contributed by atoms with van der Waals surface area (Å²) in [5.74, 6) is 0.949. The van der Waals surface area contributed by atoms with Gasteiger partial charge in [0.25, 0.3) is 0 Å². The molecule has 0 bridgehead atoms. The quantitative estimate of drug-likeness (QED) is 0.651. The van der Waals surface area contributed by atoms with E-state index < -0.39 is 0 Å². The molecule has 1 aromatic heterocycles. The van der Waals surface area contributed by atoms with Crippen LogP contribution < -0.4 is 0 Å². The van der Waals surface area contributed by atoms with Gasteiger partial charge in [0.05, 0.1) is 16.9 Å². The van der Waals surface area contributed by atoms with Gasteiger partial charge in [-0.2, -0.15) is 0 Å². The monoisotopic (exact) mass is 234 g/mol. The van der Waals surface area contributed by atoms with Crippen molar-refractivity contribution in [3.8, 4) is 0 Å². The first-order chi connectivity index (χ1) is 7.47. The average molecular weight is 234 g/mol. The predicted octanol–water partition coefficient (Wildman–Crippen LogP) is 3.60. The molecule has 2 heterocycles. The molecular formula is C11H10N2S2. The van der Waals surface area contributed by atoms with E-state index in [1.807, 2.05) is 36.0 Å². The molecule has 0 atom stereocenters. The fourth-order valence-corrected chi connectivity index (χ4v) is 2.39. The smallest absolute Gasteiger partial charge is 0.0956 e. The van der Waals surface area contributed by atoms with E-state index >= 15 is 0 Å². The molecule has 3 rings (SSSR count). The van der Waals surface area contributed by atoms with Gasteiger partial charge >= 0.3 is 0 Å². The van der Waals surface area contributed by atoms with Gasteiger partial charge in [0.1, 0.15) is 0 Å². The van der Waals surface area contributed by atoms with Crippen LogP contribution in [-0.4, -0.2) is 16.4 Å². The Morgan fingerprint density at radius 1 is 1.07 bits per heavy atom. The highest BCUT2D eigenvalue weighted by molar-refractivity contribution is 8.82. The molecule has 15 heavy (non-hydrogen) atoms. The van der Waals surface area contributed by atoms with Gasteiger partial charge in [-0.15, -0.1) is 0 Å². The van der Waals surface area contributed by atoms with Gasteiger partial charge in [0.2, 0.25) is 0 Å². The number of para-hydroxylation sites is 1. The summed E-state index contributed by atoms with van der Waals surface area (Å²) < 4.78 is 0. The van der Waals surface area contributed by atoms with E-state index in [2.05, 4.69) is 22.1 Å². The highest BCUT2D eigenvalue weighted by atomic mass is 33.1. The van der Waals surface area contributed by atoms with Crippen molar-refractivity contribution in [1.29, 1.82) is 0 Å². The largest absolute Gasteiger partial charge is 0.274 e. The Morgan fingerprint density at radius 2 is 1.93 bits per heavy atom. The molecule has 4 heteroatoms. The lowest BCUT2D eigenvalue weighted by Gasteiger charge is -1.91. The molecule has 0 saturated heterocycles. The number of fused-ring (bicyclic) bond motifs is 1. The maximum Gasteiger partial charge on any atom is 0.0956 e. The fraction of sp³-hybridized carbons (Fsp3) is 0.0909.